The number of amides is 1. The van der Waals surface area contributed by atoms with E-state index in [0.29, 0.717) is 11.8 Å². The van der Waals surface area contributed by atoms with Crippen LogP contribution in [0.25, 0.3) is 22.4 Å². The second-order valence-electron chi connectivity index (χ2n) is 12.9. The molecule has 0 unspecified atom stereocenters. The molecule has 0 aliphatic carbocycles. The zero-order chi connectivity index (χ0) is 30.1. The fourth-order valence-corrected chi connectivity index (χ4v) is 6.07. The molecule has 42 heavy (non-hydrogen) atoms. The van der Waals surface area contributed by atoms with Crippen LogP contribution in [0.1, 0.15) is 90.4 Å². The van der Waals surface area contributed by atoms with Crippen molar-refractivity contribution in [3.8, 4) is 11.4 Å². The van der Waals surface area contributed by atoms with Gasteiger partial charge < -0.3 is 19.3 Å². The van der Waals surface area contributed by atoms with E-state index >= 15 is 0 Å². The predicted octanol–water partition coefficient (Wildman–Crippen LogP) is 7.96. The summed E-state index contributed by atoms with van der Waals surface area (Å²) < 4.78 is 2.37. The van der Waals surface area contributed by atoms with E-state index in [4.69, 9.17) is 4.98 Å². The molecule has 0 saturated carbocycles. The number of imidazole rings is 1. The summed E-state index contributed by atoms with van der Waals surface area (Å²) in [5.41, 5.74) is 5.17. The quantitative estimate of drug-likeness (QED) is 0.185. The van der Waals surface area contributed by atoms with Crippen LogP contribution in [0.4, 0.5) is 5.69 Å². The number of fused-ring (bicyclic) bond motifs is 1. The lowest BCUT2D eigenvalue weighted by Gasteiger charge is -2.26. The highest BCUT2D eigenvalue weighted by atomic mass is 16.2. The average molecular weight is 574 g/mol. The first-order chi connectivity index (χ1) is 20.3. The second kappa shape index (κ2) is 15.6. The number of benzene rings is 2. The van der Waals surface area contributed by atoms with Crippen molar-refractivity contribution >= 4 is 22.6 Å². The Morgan fingerprint density at radius 3 is 2.10 bits per heavy atom. The third-order valence-corrected chi connectivity index (χ3v) is 8.79. The number of carbonyl (C=O) groups is 1. The highest BCUT2D eigenvalue weighted by Gasteiger charge is 2.20. The summed E-state index contributed by atoms with van der Waals surface area (Å²) in [4.78, 5) is 26.1. The molecule has 0 spiro atoms. The van der Waals surface area contributed by atoms with Crippen LogP contribution in [0.3, 0.4) is 0 Å². The van der Waals surface area contributed by atoms with E-state index in [1.807, 2.05) is 6.07 Å². The van der Waals surface area contributed by atoms with Crippen molar-refractivity contribution in [2.45, 2.75) is 86.6 Å². The number of hydrogen-bond acceptors (Lipinski definition) is 4. The molecule has 0 radical (unpaired) electrons. The molecule has 2 heterocycles. The summed E-state index contributed by atoms with van der Waals surface area (Å²) in [5, 5.41) is 0. The molecule has 1 aliphatic heterocycles. The number of anilines is 1. The molecular weight excluding hydrogens is 518 g/mol. The lowest BCUT2D eigenvalue weighted by atomic mass is 10.1. The van der Waals surface area contributed by atoms with E-state index < -0.39 is 0 Å². The number of piperidine rings is 1. The maximum atomic E-state index is 13.9. The molecule has 1 aliphatic rings. The number of aromatic nitrogens is 2. The Hall–Kier alpha value is -2.86. The highest BCUT2D eigenvalue weighted by Crippen LogP contribution is 2.29. The number of carbonyl (C=O) groups excluding carboxylic acids is 1. The molecule has 6 heteroatoms. The van der Waals surface area contributed by atoms with Gasteiger partial charge in [-0.1, -0.05) is 34.1 Å². The Morgan fingerprint density at radius 1 is 0.857 bits per heavy atom. The van der Waals surface area contributed by atoms with Gasteiger partial charge in [0.15, 0.2) is 0 Å². The summed E-state index contributed by atoms with van der Waals surface area (Å²) in [6.07, 6.45) is 7.10. The van der Waals surface area contributed by atoms with Gasteiger partial charge in [0.05, 0.1) is 11.0 Å². The van der Waals surface area contributed by atoms with Gasteiger partial charge in [0.2, 0.25) is 0 Å². The van der Waals surface area contributed by atoms with Crippen LogP contribution in [0, 0.1) is 11.8 Å². The lowest BCUT2D eigenvalue weighted by Crippen LogP contribution is -2.34. The first kappa shape index (κ1) is 32.1. The number of likely N-dealkylation sites (tertiary alicyclic amines) is 1. The van der Waals surface area contributed by atoms with Crippen LogP contribution >= 0.6 is 0 Å². The molecule has 3 aromatic rings. The molecular formula is C36H55N5O. The van der Waals surface area contributed by atoms with Gasteiger partial charge in [0, 0.05) is 49.5 Å². The van der Waals surface area contributed by atoms with E-state index in [9.17, 15) is 4.79 Å². The molecule has 2 aromatic carbocycles. The first-order valence-electron chi connectivity index (χ1n) is 16.7. The van der Waals surface area contributed by atoms with Gasteiger partial charge in [-0.05, 0) is 120 Å². The van der Waals surface area contributed by atoms with Crippen LogP contribution in [-0.2, 0) is 6.54 Å². The van der Waals surface area contributed by atoms with Gasteiger partial charge >= 0.3 is 0 Å². The van der Waals surface area contributed by atoms with Crippen molar-refractivity contribution in [3.63, 3.8) is 0 Å². The second-order valence-corrected chi connectivity index (χ2v) is 12.9. The molecule has 6 nitrogen and oxygen atoms in total. The zero-order valence-corrected chi connectivity index (χ0v) is 27.2. The van der Waals surface area contributed by atoms with E-state index in [1.165, 1.54) is 38.0 Å². The normalized spacial score (nSPS) is 14.3. The van der Waals surface area contributed by atoms with Crippen molar-refractivity contribution in [2.75, 3.05) is 50.7 Å². The minimum Gasteiger partial charge on any atom is -0.372 e. The van der Waals surface area contributed by atoms with Crippen LogP contribution in [0.2, 0.25) is 0 Å². The lowest BCUT2D eigenvalue weighted by molar-refractivity contribution is 0.0741. The molecule has 1 fully saturated rings. The number of aryl methyl sites for hydroxylation is 1. The number of hydrogen-bond donors (Lipinski definition) is 0. The fraction of sp³-hybridized carbons (Fsp3) is 0.611. The zero-order valence-electron chi connectivity index (χ0n) is 27.2. The topological polar surface area (TPSA) is 44.6 Å². The molecule has 1 amide bonds. The van der Waals surface area contributed by atoms with Gasteiger partial charge in [-0.3, -0.25) is 4.79 Å². The Labute approximate surface area is 255 Å². The Morgan fingerprint density at radius 2 is 1.50 bits per heavy atom. The van der Waals surface area contributed by atoms with E-state index in [1.54, 1.807) is 0 Å². The average Bonchev–Trinajstić information content (AvgIpc) is 3.36. The molecule has 1 saturated heterocycles. The van der Waals surface area contributed by atoms with Crippen LogP contribution in [-0.4, -0.2) is 71.1 Å². The summed E-state index contributed by atoms with van der Waals surface area (Å²) in [5.74, 6) is 2.28. The third kappa shape index (κ3) is 8.37. The predicted molar refractivity (Wildman–Crippen MR) is 178 cm³/mol. The van der Waals surface area contributed by atoms with Crippen molar-refractivity contribution < 1.29 is 4.79 Å². The van der Waals surface area contributed by atoms with Crippen LogP contribution in [0.5, 0.6) is 0 Å². The minimum absolute atomic E-state index is 0.143. The molecule has 4 rings (SSSR count). The third-order valence-electron chi connectivity index (χ3n) is 8.79. The SMILES string of the molecule is CCN(CC)c1ccc(-c2nc3ccc(C(=O)N(CCC(C)C)CCC(C)C)cc3n2CCCN2CCCCC2)cc1. The van der Waals surface area contributed by atoms with Crippen LogP contribution < -0.4 is 4.90 Å². The van der Waals surface area contributed by atoms with Crippen LogP contribution in [0.15, 0.2) is 42.5 Å². The van der Waals surface area contributed by atoms with Gasteiger partial charge in [-0.2, -0.15) is 0 Å². The van der Waals surface area contributed by atoms with Gasteiger partial charge in [0.1, 0.15) is 5.82 Å². The molecule has 0 N–H and O–H groups in total. The smallest absolute Gasteiger partial charge is 0.253 e. The monoisotopic (exact) mass is 573 g/mol. The first-order valence-corrected chi connectivity index (χ1v) is 16.7. The number of nitrogens with zero attached hydrogens (tertiary/aromatic N) is 5. The van der Waals surface area contributed by atoms with E-state index in [-0.39, 0.29) is 5.91 Å². The molecule has 0 atom stereocenters. The van der Waals surface area contributed by atoms with Crippen molar-refractivity contribution in [3.05, 3.63) is 48.0 Å². The molecule has 1 aromatic heterocycles. The Balaban J connectivity index is 1.66. The maximum absolute atomic E-state index is 13.9. The standard InChI is InChI=1S/C36H55N5O/c1-7-39(8-2)32-16-13-30(14-17-32)35-37-33-18-15-31(36(42)40(25-19-28(3)4)26-20-29(5)6)27-34(33)41(35)24-12-23-38-21-10-9-11-22-38/h13-18,27-29H,7-12,19-26H2,1-6H3. The van der Waals surface area contributed by atoms with E-state index in [0.717, 1.165) is 86.5 Å². The summed E-state index contributed by atoms with van der Waals surface area (Å²) in [7, 11) is 0. The van der Waals surface area contributed by atoms with Gasteiger partial charge in [0.25, 0.3) is 5.91 Å². The van der Waals surface area contributed by atoms with Crippen molar-refractivity contribution in [1.82, 2.24) is 19.4 Å². The highest BCUT2D eigenvalue weighted by molar-refractivity contribution is 5.98. The summed E-state index contributed by atoms with van der Waals surface area (Å²) >= 11 is 0. The van der Waals surface area contributed by atoms with E-state index in [2.05, 4.69) is 97.2 Å². The summed E-state index contributed by atoms with van der Waals surface area (Å²) in [6, 6.07) is 15.0. The van der Waals surface area contributed by atoms with Gasteiger partial charge in [-0.15, -0.1) is 0 Å². The Kier molecular flexibility index (Phi) is 11.9. The Bertz CT molecular complexity index is 1240. The summed E-state index contributed by atoms with van der Waals surface area (Å²) in [6.45, 7) is 21.4. The van der Waals surface area contributed by atoms with Crippen molar-refractivity contribution in [1.29, 1.82) is 0 Å². The fourth-order valence-electron chi connectivity index (χ4n) is 6.07. The minimum atomic E-state index is 0.143. The van der Waals surface area contributed by atoms with Crippen molar-refractivity contribution in [2.24, 2.45) is 11.8 Å². The maximum Gasteiger partial charge on any atom is 0.253 e. The van der Waals surface area contributed by atoms with Gasteiger partial charge in [-0.25, -0.2) is 4.98 Å². The number of rotatable bonds is 15. The molecule has 230 valence electrons. The molecule has 0 bridgehead atoms. The largest absolute Gasteiger partial charge is 0.372 e.